The molecular weight excluding hydrogens is 348 g/mol. The molecule has 0 amide bonds. The van der Waals surface area contributed by atoms with E-state index in [9.17, 15) is 0 Å². The second kappa shape index (κ2) is 6.51. The number of halogens is 1. The summed E-state index contributed by atoms with van der Waals surface area (Å²) in [6.07, 6.45) is 3.51. The van der Waals surface area contributed by atoms with Crippen LogP contribution >= 0.6 is 22.9 Å². The van der Waals surface area contributed by atoms with E-state index in [-0.39, 0.29) is 5.28 Å². The molecule has 124 valence electrons. The number of hydrogen-bond acceptors (Lipinski definition) is 7. The smallest absolute Gasteiger partial charge is 0.225 e. The molecule has 0 atom stereocenters. The van der Waals surface area contributed by atoms with E-state index in [4.69, 9.17) is 21.1 Å². The lowest BCUT2D eigenvalue weighted by molar-refractivity contribution is 0.122. The monoisotopic (exact) mass is 362 g/mol. The van der Waals surface area contributed by atoms with Gasteiger partial charge in [-0.25, -0.2) is 4.98 Å². The molecule has 0 aromatic carbocycles. The maximum Gasteiger partial charge on any atom is 0.225 e. The third-order valence-corrected chi connectivity index (χ3v) is 5.15. The number of anilines is 1. The van der Waals surface area contributed by atoms with Gasteiger partial charge in [0.2, 0.25) is 5.28 Å². The second-order valence-electron chi connectivity index (χ2n) is 5.32. The molecule has 0 saturated carbocycles. The van der Waals surface area contributed by atoms with Gasteiger partial charge in [0.05, 0.1) is 31.3 Å². The van der Waals surface area contributed by atoms with Crippen LogP contribution in [0.1, 0.15) is 0 Å². The SMILES string of the molecule is COc1ccncc1-c1cc2c(N3CCOCC3)nc(Cl)nc2s1. The van der Waals surface area contributed by atoms with Gasteiger partial charge in [-0.3, -0.25) is 4.98 Å². The summed E-state index contributed by atoms with van der Waals surface area (Å²) in [5.74, 6) is 1.64. The molecule has 6 nitrogen and oxygen atoms in total. The first-order valence-electron chi connectivity index (χ1n) is 7.54. The normalized spacial score (nSPS) is 15.0. The van der Waals surface area contributed by atoms with Crippen molar-refractivity contribution in [3.8, 4) is 16.2 Å². The number of nitrogens with zero attached hydrogens (tertiary/aromatic N) is 4. The highest BCUT2D eigenvalue weighted by Crippen LogP contribution is 2.40. The molecule has 4 rings (SSSR count). The Morgan fingerprint density at radius 3 is 2.92 bits per heavy atom. The van der Waals surface area contributed by atoms with Gasteiger partial charge in [0, 0.05) is 30.4 Å². The van der Waals surface area contributed by atoms with E-state index in [2.05, 4.69) is 25.9 Å². The molecule has 3 aromatic rings. The summed E-state index contributed by atoms with van der Waals surface area (Å²) >= 11 is 7.71. The Bertz CT molecular complexity index is 880. The van der Waals surface area contributed by atoms with E-state index >= 15 is 0 Å². The van der Waals surface area contributed by atoms with Gasteiger partial charge < -0.3 is 14.4 Å². The van der Waals surface area contributed by atoms with E-state index in [1.807, 2.05) is 6.07 Å². The van der Waals surface area contributed by atoms with Crippen LogP contribution in [0.3, 0.4) is 0 Å². The van der Waals surface area contributed by atoms with Crippen molar-refractivity contribution in [2.45, 2.75) is 0 Å². The Kier molecular flexibility index (Phi) is 4.22. The first-order chi connectivity index (χ1) is 11.8. The van der Waals surface area contributed by atoms with Crippen LogP contribution in [0.15, 0.2) is 24.5 Å². The lowest BCUT2D eigenvalue weighted by atomic mass is 10.2. The molecule has 0 N–H and O–H groups in total. The number of fused-ring (bicyclic) bond motifs is 1. The Labute approximate surface area is 148 Å². The van der Waals surface area contributed by atoms with Gasteiger partial charge in [-0.1, -0.05) is 0 Å². The summed E-state index contributed by atoms with van der Waals surface area (Å²) in [5, 5.41) is 1.25. The van der Waals surface area contributed by atoms with Gasteiger partial charge in [0.1, 0.15) is 16.4 Å². The van der Waals surface area contributed by atoms with Gasteiger partial charge in [0.25, 0.3) is 0 Å². The lowest BCUT2D eigenvalue weighted by Crippen LogP contribution is -2.36. The van der Waals surface area contributed by atoms with Crippen LogP contribution in [0.25, 0.3) is 20.7 Å². The number of hydrogen-bond donors (Lipinski definition) is 0. The first-order valence-corrected chi connectivity index (χ1v) is 8.74. The predicted octanol–water partition coefficient (Wildman–Crippen LogP) is 3.25. The van der Waals surface area contributed by atoms with Crippen molar-refractivity contribution in [2.75, 3.05) is 38.3 Å². The van der Waals surface area contributed by atoms with Gasteiger partial charge in [-0.2, -0.15) is 4.98 Å². The summed E-state index contributed by atoms with van der Waals surface area (Å²) in [6.45, 7) is 2.97. The molecule has 0 aliphatic carbocycles. The third kappa shape index (κ3) is 2.79. The van der Waals surface area contributed by atoms with Crippen molar-refractivity contribution in [1.29, 1.82) is 0 Å². The predicted molar refractivity (Wildman–Crippen MR) is 95.2 cm³/mol. The van der Waals surface area contributed by atoms with Crippen LogP contribution in [0.2, 0.25) is 5.28 Å². The molecule has 3 aromatic heterocycles. The summed E-state index contributed by atoms with van der Waals surface area (Å²) in [7, 11) is 1.65. The van der Waals surface area contributed by atoms with E-state index in [0.717, 1.165) is 45.3 Å². The van der Waals surface area contributed by atoms with Crippen LogP contribution in [-0.4, -0.2) is 48.4 Å². The number of pyridine rings is 1. The Balaban J connectivity index is 1.85. The number of morpholine rings is 1. The van der Waals surface area contributed by atoms with Crippen molar-refractivity contribution >= 4 is 39.0 Å². The second-order valence-corrected chi connectivity index (χ2v) is 6.69. The zero-order valence-electron chi connectivity index (χ0n) is 13.0. The number of aromatic nitrogens is 3. The minimum absolute atomic E-state index is 0.260. The van der Waals surface area contributed by atoms with Crippen LogP contribution in [0.5, 0.6) is 5.75 Å². The van der Waals surface area contributed by atoms with Crippen LogP contribution in [0, 0.1) is 0 Å². The fourth-order valence-electron chi connectivity index (χ4n) is 2.77. The number of ether oxygens (including phenoxy) is 2. The minimum atomic E-state index is 0.260. The van der Waals surface area contributed by atoms with Gasteiger partial charge in [-0.15, -0.1) is 11.3 Å². The van der Waals surface area contributed by atoms with Crippen molar-refractivity contribution < 1.29 is 9.47 Å². The number of thiophene rings is 1. The zero-order chi connectivity index (χ0) is 16.5. The molecule has 24 heavy (non-hydrogen) atoms. The van der Waals surface area contributed by atoms with E-state index in [1.165, 1.54) is 0 Å². The highest BCUT2D eigenvalue weighted by molar-refractivity contribution is 7.22. The molecule has 8 heteroatoms. The average Bonchev–Trinajstić information content (AvgIpc) is 3.05. The van der Waals surface area contributed by atoms with Crippen molar-refractivity contribution in [3.05, 3.63) is 29.8 Å². The van der Waals surface area contributed by atoms with Gasteiger partial charge >= 0.3 is 0 Å². The number of methoxy groups -OCH3 is 1. The molecule has 0 radical (unpaired) electrons. The van der Waals surface area contributed by atoms with Crippen LogP contribution in [0.4, 0.5) is 5.82 Å². The fraction of sp³-hybridized carbons (Fsp3) is 0.312. The van der Waals surface area contributed by atoms with E-state index in [0.29, 0.717) is 13.2 Å². The topological polar surface area (TPSA) is 60.4 Å². The van der Waals surface area contributed by atoms with E-state index in [1.54, 1.807) is 30.8 Å². The summed E-state index contributed by atoms with van der Waals surface area (Å²) in [6, 6.07) is 3.93. The highest BCUT2D eigenvalue weighted by Gasteiger charge is 2.20. The molecule has 1 fully saturated rings. The lowest BCUT2D eigenvalue weighted by Gasteiger charge is -2.28. The van der Waals surface area contributed by atoms with Crippen molar-refractivity contribution in [1.82, 2.24) is 15.0 Å². The summed E-state index contributed by atoms with van der Waals surface area (Å²) < 4.78 is 10.9. The molecule has 1 aliphatic rings. The molecule has 0 bridgehead atoms. The quantitative estimate of drug-likeness (QED) is 0.666. The first kappa shape index (κ1) is 15.6. The van der Waals surface area contributed by atoms with Crippen LogP contribution < -0.4 is 9.64 Å². The molecular formula is C16H15ClN4O2S. The zero-order valence-corrected chi connectivity index (χ0v) is 14.6. The molecule has 1 aliphatic heterocycles. The Morgan fingerprint density at radius 2 is 2.12 bits per heavy atom. The Hall–Kier alpha value is -1.96. The minimum Gasteiger partial charge on any atom is -0.496 e. The number of rotatable bonds is 3. The third-order valence-electron chi connectivity index (χ3n) is 3.92. The summed E-state index contributed by atoms with van der Waals surface area (Å²) in [4.78, 5) is 17.1. The summed E-state index contributed by atoms with van der Waals surface area (Å²) in [5.41, 5.74) is 0.937. The molecule has 0 unspecified atom stereocenters. The highest BCUT2D eigenvalue weighted by atomic mass is 35.5. The molecule has 1 saturated heterocycles. The molecule has 4 heterocycles. The average molecular weight is 363 g/mol. The maximum atomic E-state index is 6.15. The van der Waals surface area contributed by atoms with Gasteiger partial charge in [-0.05, 0) is 23.7 Å². The van der Waals surface area contributed by atoms with Crippen molar-refractivity contribution in [3.63, 3.8) is 0 Å². The fourth-order valence-corrected chi connectivity index (χ4v) is 4.03. The standard InChI is InChI=1S/C16H15ClN4O2S/c1-22-12-2-3-18-9-11(12)13-8-10-14(21-4-6-23-7-5-21)19-16(17)20-15(10)24-13/h2-3,8-9H,4-7H2,1H3. The maximum absolute atomic E-state index is 6.15. The largest absolute Gasteiger partial charge is 0.496 e. The Morgan fingerprint density at radius 1 is 1.29 bits per heavy atom. The van der Waals surface area contributed by atoms with Gasteiger partial charge in [0.15, 0.2) is 0 Å². The molecule has 0 spiro atoms. The van der Waals surface area contributed by atoms with Crippen molar-refractivity contribution in [2.24, 2.45) is 0 Å². The van der Waals surface area contributed by atoms with E-state index < -0.39 is 0 Å². The van der Waals surface area contributed by atoms with Crippen LogP contribution in [-0.2, 0) is 4.74 Å².